The Bertz CT molecular complexity index is 302. The first-order chi connectivity index (χ1) is 6.75. The summed E-state index contributed by atoms with van der Waals surface area (Å²) in [7, 11) is 1.94. The molecule has 1 aliphatic heterocycles. The second-order valence-corrected chi connectivity index (χ2v) is 3.86. The maximum atomic E-state index is 5.41. The van der Waals surface area contributed by atoms with Crippen molar-refractivity contribution in [2.24, 2.45) is 7.05 Å². The van der Waals surface area contributed by atoms with Gasteiger partial charge in [0, 0.05) is 25.9 Å². The van der Waals surface area contributed by atoms with Gasteiger partial charge in [0.2, 0.25) is 0 Å². The minimum Gasteiger partial charge on any atom is -0.379 e. The van der Waals surface area contributed by atoms with Crippen LogP contribution in [0, 0.1) is 6.92 Å². The quantitative estimate of drug-likeness (QED) is 0.773. The number of anilines is 1. The fourth-order valence-corrected chi connectivity index (χ4v) is 1.82. The van der Waals surface area contributed by atoms with Crippen molar-refractivity contribution in [2.75, 3.05) is 18.5 Å². The summed E-state index contributed by atoms with van der Waals surface area (Å²) in [4.78, 5) is 0. The molecule has 1 unspecified atom stereocenters. The normalized spacial score (nSPS) is 22.3. The van der Waals surface area contributed by atoms with Crippen LogP contribution in [0.5, 0.6) is 0 Å². The van der Waals surface area contributed by atoms with E-state index in [1.807, 2.05) is 24.9 Å². The van der Waals surface area contributed by atoms with Crippen LogP contribution in [0.3, 0.4) is 0 Å². The summed E-state index contributed by atoms with van der Waals surface area (Å²) >= 11 is 0. The molecule has 0 aliphatic carbocycles. The monoisotopic (exact) mass is 195 g/mol. The molecule has 2 rings (SSSR count). The summed E-state index contributed by atoms with van der Waals surface area (Å²) in [5.41, 5.74) is 2.18. The molecule has 0 aromatic carbocycles. The average molecular weight is 195 g/mol. The molecule has 1 fully saturated rings. The molecule has 14 heavy (non-hydrogen) atoms. The molecule has 0 bridgehead atoms. The largest absolute Gasteiger partial charge is 0.379 e. The van der Waals surface area contributed by atoms with E-state index in [9.17, 15) is 0 Å². The Morgan fingerprint density at radius 3 is 3.07 bits per heavy atom. The SMILES string of the molecule is Cc1nn(C)cc1NC1CCCOC1. The Balaban J connectivity index is 1.98. The Morgan fingerprint density at radius 2 is 2.50 bits per heavy atom. The molecule has 2 heterocycles. The lowest BCUT2D eigenvalue weighted by atomic mass is 10.1. The third-order valence-electron chi connectivity index (χ3n) is 2.53. The van der Waals surface area contributed by atoms with Crippen molar-refractivity contribution >= 4 is 5.69 Å². The standard InChI is InChI=1S/C10H17N3O/c1-8-10(6-13(2)12-8)11-9-4-3-5-14-7-9/h6,9,11H,3-5,7H2,1-2H3. The van der Waals surface area contributed by atoms with Gasteiger partial charge in [-0.15, -0.1) is 0 Å². The summed E-state index contributed by atoms with van der Waals surface area (Å²) in [6.07, 6.45) is 4.36. The number of hydrogen-bond donors (Lipinski definition) is 1. The first-order valence-corrected chi connectivity index (χ1v) is 5.10. The first kappa shape index (κ1) is 9.52. The fraction of sp³-hybridized carbons (Fsp3) is 0.700. The van der Waals surface area contributed by atoms with Gasteiger partial charge >= 0.3 is 0 Å². The van der Waals surface area contributed by atoms with Crippen LogP contribution in [-0.2, 0) is 11.8 Å². The van der Waals surface area contributed by atoms with Crippen molar-refractivity contribution in [3.05, 3.63) is 11.9 Å². The molecule has 78 valence electrons. The van der Waals surface area contributed by atoms with E-state index in [0.717, 1.165) is 31.0 Å². The molecule has 0 amide bonds. The molecule has 1 aromatic rings. The highest BCUT2D eigenvalue weighted by Crippen LogP contribution is 2.16. The predicted octanol–water partition coefficient (Wildman–Crippen LogP) is 1.32. The highest BCUT2D eigenvalue weighted by Gasteiger charge is 2.15. The Labute approximate surface area is 84.3 Å². The Kier molecular flexibility index (Phi) is 2.72. The van der Waals surface area contributed by atoms with Crippen LogP contribution < -0.4 is 5.32 Å². The molecule has 4 nitrogen and oxygen atoms in total. The van der Waals surface area contributed by atoms with Gasteiger partial charge < -0.3 is 10.1 Å². The zero-order valence-electron chi connectivity index (χ0n) is 8.79. The van der Waals surface area contributed by atoms with Gasteiger partial charge in [0.15, 0.2) is 0 Å². The van der Waals surface area contributed by atoms with Crippen molar-refractivity contribution in [3.8, 4) is 0 Å². The average Bonchev–Trinajstić information content (AvgIpc) is 2.47. The number of ether oxygens (including phenoxy) is 1. The molecule has 4 heteroatoms. The zero-order chi connectivity index (χ0) is 9.97. The van der Waals surface area contributed by atoms with Crippen LogP contribution in [0.2, 0.25) is 0 Å². The first-order valence-electron chi connectivity index (χ1n) is 5.10. The highest BCUT2D eigenvalue weighted by atomic mass is 16.5. The van der Waals surface area contributed by atoms with Gasteiger partial charge in [-0.25, -0.2) is 0 Å². The summed E-state index contributed by atoms with van der Waals surface area (Å²) in [5, 5.41) is 7.75. The van der Waals surface area contributed by atoms with E-state index in [1.54, 1.807) is 0 Å². The highest BCUT2D eigenvalue weighted by molar-refractivity contribution is 5.46. The number of aryl methyl sites for hydroxylation is 2. The zero-order valence-corrected chi connectivity index (χ0v) is 8.79. The molecular weight excluding hydrogens is 178 g/mol. The second-order valence-electron chi connectivity index (χ2n) is 3.86. The van der Waals surface area contributed by atoms with Crippen molar-refractivity contribution in [1.29, 1.82) is 0 Å². The van der Waals surface area contributed by atoms with Crippen LogP contribution >= 0.6 is 0 Å². The number of rotatable bonds is 2. The van der Waals surface area contributed by atoms with E-state index in [4.69, 9.17) is 4.74 Å². The molecule has 0 saturated carbocycles. The van der Waals surface area contributed by atoms with Crippen molar-refractivity contribution in [2.45, 2.75) is 25.8 Å². The molecule has 1 aliphatic rings. The van der Waals surface area contributed by atoms with E-state index >= 15 is 0 Å². The van der Waals surface area contributed by atoms with Crippen molar-refractivity contribution < 1.29 is 4.74 Å². The van der Waals surface area contributed by atoms with Crippen molar-refractivity contribution in [3.63, 3.8) is 0 Å². The van der Waals surface area contributed by atoms with Crippen LogP contribution in [0.15, 0.2) is 6.20 Å². The smallest absolute Gasteiger partial charge is 0.0825 e. The summed E-state index contributed by atoms with van der Waals surface area (Å²) in [6.45, 7) is 3.74. The minimum absolute atomic E-state index is 0.451. The van der Waals surface area contributed by atoms with Crippen LogP contribution in [0.25, 0.3) is 0 Å². The number of nitrogens with one attached hydrogen (secondary N) is 1. The fourth-order valence-electron chi connectivity index (χ4n) is 1.82. The molecule has 1 N–H and O–H groups in total. The minimum atomic E-state index is 0.451. The molecule has 1 aromatic heterocycles. The van der Waals surface area contributed by atoms with Crippen molar-refractivity contribution in [1.82, 2.24) is 9.78 Å². The molecule has 0 radical (unpaired) electrons. The van der Waals surface area contributed by atoms with E-state index in [-0.39, 0.29) is 0 Å². The summed E-state index contributed by atoms with van der Waals surface area (Å²) < 4.78 is 7.25. The summed E-state index contributed by atoms with van der Waals surface area (Å²) in [5.74, 6) is 0. The number of aromatic nitrogens is 2. The summed E-state index contributed by atoms with van der Waals surface area (Å²) in [6, 6.07) is 0.451. The van der Waals surface area contributed by atoms with Gasteiger partial charge in [0.1, 0.15) is 0 Å². The lowest BCUT2D eigenvalue weighted by Crippen LogP contribution is -2.30. The topological polar surface area (TPSA) is 39.1 Å². The van der Waals surface area contributed by atoms with Gasteiger partial charge in [-0.05, 0) is 19.8 Å². The second kappa shape index (κ2) is 4.00. The van der Waals surface area contributed by atoms with E-state index < -0.39 is 0 Å². The number of hydrogen-bond acceptors (Lipinski definition) is 3. The van der Waals surface area contributed by atoms with E-state index in [1.165, 1.54) is 6.42 Å². The van der Waals surface area contributed by atoms with E-state index in [0.29, 0.717) is 6.04 Å². The Hall–Kier alpha value is -1.03. The third kappa shape index (κ3) is 2.07. The maximum Gasteiger partial charge on any atom is 0.0825 e. The molecule has 0 spiro atoms. The van der Waals surface area contributed by atoms with Crippen LogP contribution in [0.1, 0.15) is 18.5 Å². The molecule has 1 atom stereocenters. The third-order valence-corrected chi connectivity index (χ3v) is 2.53. The predicted molar refractivity (Wildman–Crippen MR) is 55.4 cm³/mol. The lowest BCUT2D eigenvalue weighted by molar-refractivity contribution is 0.0876. The number of nitrogens with zero attached hydrogens (tertiary/aromatic N) is 2. The van der Waals surface area contributed by atoms with Gasteiger partial charge in [-0.3, -0.25) is 4.68 Å². The Morgan fingerprint density at radius 1 is 1.64 bits per heavy atom. The maximum absolute atomic E-state index is 5.41. The van der Waals surface area contributed by atoms with Gasteiger partial charge in [-0.1, -0.05) is 0 Å². The van der Waals surface area contributed by atoms with E-state index in [2.05, 4.69) is 10.4 Å². The van der Waals surface area contributed by atoms with Crippen LogP contribution in [0.4, 0.5) is 5.69 Å². The van der Waals surface area contributed by atoms with Gasteiger partial charge in [0.05, 0.1) is 18.0 Å². The molecule has 1 saturated heterocycles. The lowest BCUT2D eigenvalue weighted by Gasteiger charge is -2.23. The van der Waals surface area contributed by atoms with Crippen LogP contribution in [-0.4, -0.2) is 29.0 Å². The van der Waals surface area contributed by atoms with Gasteiger partial charge in [-0.2, -0.15) is 5.10 Å². The molecular formula is C10H17N3O. The van der Waals surface area contributed by atoms with Gasteiger partial charge in [0.25, 0.3) is 0 Å².